The summed E-state index contributed by atoms with van der Waals surface area (Å²) in [5, 5.41) is 0.366. The molecule has 0 unspecified atom stereocenters. The summed E-state index contributed by atoms with van der Waals surface area (Å²) in [6.07, 6.45) is 2.46. The van der Waals surface area contributed by atoms with Gasteiger partial charge in [-0.25, -0.2) is 4.98 Å². The van der Waals surface area contributed by atoms with Crippen LogP contribution in [0.1, 0.15) is 36.2 Å². The number of hydrogen-bond acceptors (Lipinski definition) is 4. The fourth-order valence-electron chi connectivity index (χ4n) is 3.17. The van der Waals surface area contributed by atoms with Crippen molar-refractivity contribution in [2.24, 2.45) is 0 Å². The van der Waals surface area contributed by atoms with Crippen LogP contribution in [0.15, 0.2) is 36.5 Å². The molecule has 1 aromatic carbocycles. The van der Waals surface area contributed by atoms with E-state index in [-0.39, 0.29) is 12.0 Å². The second-order valence-electron chi connectivity index (χ2n) is 7.15. The first-order chi connectivity index (χ1) is 12.9. The van der Waals surface area contributed by atoms with E-state index >= 15 is 0 Å². The number of amides is 1. The van der Waals surface area contributed by atoms with Crippen LogP contribution >= 0.6 is 11.6 Å². The molecule has 0 saturated carbocycles. The molecule has 1 fully saturated rings. The molecule has 1 aromatic heterocycles. The Kier molecular flexibility index (Phi) is 6.22. The molecule has 1 saturated heterocycles. The van der Waals surface area contributed by atoms with Crippen molar-refractivity contribution in [2.45, 2.75) is 33.3 Å². The fraction of sp³-hybridized carbons (Fsp3) is 0.429. The fourth-order valence-corrected chi connectivity index (χ4v) is 3.38. The van der Waals surface area contributed by atoms with E-state index in [4.69, 9.17) is 16.3 Å². The lowest BCUT2D eigenvalue weighted by Gasteiger charge is -2.24. The van der Waals surface area contributed by atoms with Crippen molar-refractivity contribution in [3.8, 4) is 5.88 Å². The number of carbonyl (C=O) groups is 1. The molecular weight excluding hydrogens is 362 g/mol. The van der Waals surface area contributed by atoms with Gasteiger partial charge in [0.2, 0.25) is 5.88 Å². The maximum absolute atomic E-state index is 12.9. The molecule has 0 aliphatic carbocycles. The molecule has 1 aliphatic rings. The SMILES string of the molecule is Cc1ccc(N2CCCN(C(=O)c3cnc(OC(C)C)c(Cl)c3)CC2)cc1. The lowest BCUT2D eigenvalue weighted by atomic mass is 10.2. The molecule has 144 valence electrons. The van der Waals surface area contributed by atoms with E-state index in [0.717, 1.165) is 26.1 Å². The predicted octanol–water partition coefficient (Wildman–Crippen LogP) is 4.18. The average Bonchev–Trinajstić information content (AvgIpc) is 2.89. The van der Waals surface area contributed by atoms with E-state index in [1.54, 1.807) is 12.3 Å². The molecule has 0 radical (unpaired) electrons. The minimum absolute atomic E-state index is 0.0186. The zero-order valence-corrected chi connectivity index (χ0v) is 16.9. The van der Waals surface area contributed by atoms with Gasteiger partial charge in [0.15, 0.2) is 0 Å². The maximum atomic E-state index is 12.9. The summed E-state index contributed by atoms with van der Waals surface area (Å²) in [6, 6.07) is 10.2. The minimum Gasteiger partial charge on any atom is -0.474 e. The van der Waals surface area contributed by atoms with Gasteiger partial charge in [0.25, 0.3) is 5.91 Å². The van der Waals surface area contributed by atoms with Gasteiger partial charge in [-0.3, -0.25) is 4.79 Å². The molecule has 2 aromatic rings. The number of aryl methyl sites for hydroxylation is 1. The number of hydrogen-bond donors (Lipinski definition) is 0. The number of benzene rings is 1. The zero-order chi connectivity index (χ0) is 19.4. The van der Waals surface area contributed by atoms with Crippen molar-refractivity contribution in [3.63, 3.8) is 0 Å². The summed E-state index contributed by atoms with van der Waals surface area (Å²) in [5.74, 6) is 0.330. The van der Waals surface area contributed by atoms with Crippen molar-refractivity contribution < 1.29 is 9.53 Å². The predicted molar refractivity (Wildman–Crippen MR) is 109 cm³/mol. The van der Waals surface area contributed by atoms with E-state index < -0.39 is 0 Å². The number of aromatic nitrogens is 1. The summed E-state index contributed by atoms with van der Waals surface area (Å²) in [5.41, 5.74) is 2.95. The molecular formula is C21H26ClN3O2. The summed E-state index contributed by atoms with van der Waals surface area (Å²) in [6.45, 7) is 9.06. The first kappa shape index (κ1) is 19.5. The number of anilines is 1. The van der Waals surface area contributed by atoms with Crippen LogP contribution in [0.2, 0.25) is 5.02 Å². The first-order valence-electron chi connectivity index (χ1n) is 9.37. The number of halogens is 1. The third kappa shape index (κ3) is 4.92. The Morgan fingerprint density at radius 1 is 1.15 bits per heavy atom. The van der Waals surface area contributed by atoms with Gasteiger partial charge in [-0.15, -0.1) is 0 Å². The van der Waals surface area contributed by atoms with Crippen LogP contribution in [0.3, 0.4) is 0 Å². The molecule has 0 bridgehead atoms. The topological polar surface area (TPSA) is 45.7 Å². The van der Waals surface area contributed by atoms with Crippen LogP contribution in [0, 0.1) is 6.92 Å². The second-order valence-corrected chi connectivity index (χ2v) is 7.55. The monoisotopic (exact) mass is 387 g/mol. The highest BCUT2D eigenvalue weighted by atomic mass is 35.5. The summed E-state index contributed by atoms with van der Waals surface area (Å²) >= 11 is 6.24. The molecule has 5 nitrogen and oxygen atoms in total. The molecule has 1 aliphatic heterocycles. The highest BCUT2D eigenvalue weighted by Gasteiger charge is 2.22. The highest BCUT2D eigenvalue weighted by Crippen LogP contribution is 2.24. The molecule has 0 N–H and O–H groups in total. The molecule has 2 heterocycles. The summed E-state index contributed by atoms with van der Waals surface area (Å²) in [4.78, 5) is 21.3. The third-order valence-corrected chi connectivity index (χ3v) is 4.85. The van der Waals surface area contributed by atoms with Crippen LogP contribution in [0.25, 0.3) is 0 Å². The van der Waals surface area contributed by atoms with Gasteiger partial charge in [-0.2, -0.15) is 0 Å². The average molecular weight is 388 g/mol. The van der Waals surface area contributed by atoms with Crippen LogP contribution < -0.4 is 9.64 Å². The van der Waals surface area contributed by atoms with Gasteiger partial charge in [0, 0.05) is 38.1 Å². The standard InChI is InChI=1S/C21H26ClN3O2/c1-15(2)27-20-19(22)13-17(14-23-20)21(26)25-10-4-9-24(11-12-25)18-7-5-16(3)6-8-18/h5-8,13-15H,4,9-12H2,1-3H3. The van der Waals surface area contributed by atoms with Gasteiger partial charge in [-0.05, 0) is 45.4 Å². The van der Waals surface area contributed by atoms with E-state index in [1.165, 1.54) is 11.3 Å². The van der Waals surface area contributed by atoms with E-state index in [9.17, 15) is 4.79 Å². The van der Waals surface area contributed by atoms with Gasteiger partial charge >= 0.3 is 0 Å². The maximum Gasteiger partial charge on any atom is 0.255 e. The van der Waals surface area contributed by atoms with Gasteiger partial charge in [-0.1, -0.05) is 29.3 Å². The van der Waals surface area contributed by atoms with Crippen molar-refractivity contribution in [2.75, 3.05) is 31.1 Å². The van der Waals surface area contributed by atoms with Crippen LogP contribution in [-0.4, -0.2) is 48.1 Å². The smallest absolute Gasteiger partial charge is 0.255 e. The molecule has 0 atom stereocenters. The Morgan fingerprint density at radius 2 is 1.89 bits per heavy atom. The summed E-state index contributed by atoms with van der Waals surface area (Å²) in [7, 11) is 0. The largest absolute Gasteiger partial charge is 0.474 e. The number of pyridine rings is 1. The Morgan fingerprint density at radius 3 is 2.56 bits per heavy atom. The van der Waals surface area contributed by atoms with Crippen molar-refractivity contribution in [1.29, 1.82) is 0 Å². The molecule has 3 rings (SSSR count). The Hall–Kier alpha value is -2.27. The number of ether oxygens (including phenoxy) is 1. The van der Waals surface area contributed by atoms with Crippen LogP contribution in [0.4, 0.5) is 5.69 Å². The van der Waals surface area contributed by atoms with Crippen molar-refractivity contribution in [1.82, 2.24) is 9.88 Å². The van der Waals surface area contributed by atoms with Crippen molar-refractivity contribution >= 4 is 23.2 Å². The molecule has 27 heavy (non-hydrogen) atoms. The first-order valence-corrected chi connectivity index (χ1v) is 9.75. The van der Waals surface area contributed by atoms with Gasteiger partial charge < -0.3 is 14.5 Å². The second kappa shape index (κ2) is 8.61. The molecule has 0 spiro atoms. The van der Waals surface area contributed by atoms with Crippen molar-refractivity contribution in [3.05, 3.63) is 52.7 Å². The lowest BCUT2D eigenvalue weighted by Crippen LogP contribution is -2.35. The Bertz CT molecular complexity index is 793. The summed E-state index contributed by atoms with van der Waals surface area (Å²) < 4.78 is 5.54. The molecule has 1 amide bonds. The lowest BCUT2D eigenvalue weighted by molar-refractivity contribution is 0.0766. The molecule has 6 heteroatoms. The quantitative estimate of drug-likeness (QED) is 0.789. The van der Waals surface area contributed by atoms with E-state index in [1.807, 2.05) is 18.7 Å². The minimum atomic E-state index is -0.0359. The Labute approximate surface area is 165 Å². The normalized spacial score (nSPS) is 15.0. The van der Waals surface area contributed by atoms with E-state index in [0.29, 0.717) is 23.0 Å². The van der Waals surface area contributed by atoms with Crippen LogP contribution in [-0.2, 0) is 0 Å². The van der Waals surface area contributed by atoms with Crippen LogP contribution in [0.5, 0.6) is 5.88 Å². The Balaban J connectivity index is 1.67. The zero-order valence-electron chi connectivity index (χ0n) is 16.1. The third-order valence-electron chi connectivity index (χ3n) is 4.58. The van der Waals surface area contributed by atoms with E-state index in [2.05, 4.69) is 41.1 Å². The van der Waals surface area contributed by atoms with Gasteiger partial charge in [0.05, 0.1) is 11.7 Å². The number of carbonyl (C=O) groups excluding carboxylic acids is 1. The number of nitrogens with zero attached hydrogens (tertiary/aromatic N) is 3. The van der Waals surface area contributed by atoms with Gasteiger partial charge in [0.1, 0.15) is 5.02 Å². The highest BCUT2D eigenvalue weighted by molar-refractivity contribution is 6.32. The number of rotatable bonds is 4.